The summed E-state index contributed by atoms with van der Waals surface area (Å²) >= 11 is 0. The third kappa shape index (κ3) is 4.01. The number of carboxylic acids is 1. The largest absolute Gasteiger partial charge is 0.481 e. The van der Waals surface area contributed by atoms with E-state index >= 15 is 0 Å². The molecule has 102 valence electrons. The normalized spacial score (nSPS) is 12.7. The first-order valence-corrected chi connectivity index (χ1v) is 6.68. The third-order valence-electron chi connectivity index (χ3n) is 2.19. The predicted molar refractivity (Wildman–Crippen MR) is 63.2 cm³/mol. The van der Waals surface area contributed by atoms with E-state index in [1.165, 1.54) is 13.0 Å². The van der Waals surface area contributed by atoms with E-state index in [-0.39, 0.29) is 5.56 Å². The van der Waals surface area contributed by atoms with Crippen LogP contribution in [-0.2, 0) is 14.8 Å². The average Bonchev–Trinajstić information content (AvgIpc) is 2.26. The van der Waals surface area contributed by atoms with Gasteiger partial charge >= 0.3 is 5.97 Å². The van der Waals surface area contributed by atoms with Gasteiger partial charge in [-0.05, 0) is 25.1 Å². The molecule has 0 saturated carbocycles. The molecule has 8 heteroatoms. The Morgan fingerprint density at radius 2 is 2.21 bits per heavy atom. The van der Waals surface area contributed by atoms with Crippen molar-refractivity contribution in [2.45, 2.75) is 24.3 Å². The van der Waals surface area contributed by atoms with Crippen molar-refractivity contribution in [3.63, 3.8) is 0 Å². The number of carboxylic acid groups (broad SMARTS) is 1. The third-order valence-corrected chi connectivity index (χ3v) is 3.81. The lowest BCUT2D eigenvalue weighted by molar-refractivity contribution is -0.137. The number of carbonyl (C=O) groups is 1. The molecule has 1 rings (SSSR count). The Bertz CT molecular complexity index is 637. The molecule has 0 aliphatic rings. The maximum atomic E-state index is 13.6. The summed E-state index contributed by atoms with van der Waals surface area (Å²) in [6, 6.07) is 3.73. The number of nitrogens with zero attached hydrogens (tertiary/aromatic N) is 1. The number of rotatable bonds is 5. The van der Waals surface area contributed by atoms with Crippen molar-refractivity contribution in [1.29, 1.82) is 5.26 Å². The summed E-state index contributed by atoms with van der Waals surface area (Å²) in [6.07, 6.45) is -0.420. The van der Waals surface area contributed by atoms with E-state index in [1.54, 1.807) is 6.07 Å². The number of hydrogen-bond acceptors (Lipinski definition) is 4. The van der Waals surface area contributed by atoms with Gasteiger partial charge in [0.1, 0.15) is 10.7 Å². The Morgan fingerprint density at radius 1 is 1.58 bits per heavy atom. The number of nitrogens with one attached hydrogen (secondary N) is 1. The first-order valence-electron chi connectivity index (χ1n) is 5.20. The monoisotopic (exact) mass is 286 g/mol. The fraction of sp³-hybridized carbons (Fsp3) is 0.273. The van der Waals surface area contributed by atoms with Crippen LogP contribution in [-0.4, -0.2) is 25.5 Å². The molecule has 0 aromatic heterocycles. The lowest BCUT2D eigenvalue weighted by Crippen LogP contribution is -2.34. The molecule has 1 aromatic carbocycles. The van der Waals surface area contributed by atoms with Crippen molar-refractivity contribution in [1.82, 2.24) is 4.72 Å². The molecule has 1 aromatic rings. The molecule has 0 radical (unpaired) electrons. The minimum Gasteiger partial charge on any atom is -0.481 e. The van der Waals surface area contributed by atoms with Crippen LogP contribution in [0.3, 0.4) is 0 Å². The molecule has 19 heavy (non-hydrogen) atoms. The van der Waals surface area contributed by atoms with Gasteiger partial charge in [0.15, 0.2) is 0 Å². The van der Waals surface area contributed by atoms with Crippen molar-refractivity contribution in [2.24, 2.45) is 0 Å². The van der Waals surface area contributed by atoms with Gasteiger partial charge in [0.25, 0.3) is 0 Å². The zero-order chi connectivity index (χ0) is 14.6. The van der Waals surface area contributed by atoms with Crippen molar-refractivity contribution < 1.29 is 22.7 Å². The maximum absolute atomic E-state index is 13.6. The topological polar surface area (TPSA) is 107 Å². The molecule has 0 bridgehead atoms. The molecule has 0 saturated heterocycles. The Kier molecular flexibility index (Phi) is 4.58. The van der Waals surface area contributed by atoms with E-state index in [2.05, 4.69) is 4.72 Å². The maximum Gasteiger partial charge on any atom is 0.304 e. The summed E-state index contributed by atoms with van der Waals surface area (Å²) in [6.45, 7) is 1.35. The van der Waals surface area contributed by atoms with E-state index in [1.807, 2.05) is 0 Å². The Morgan fingerprint density at radius 3 is 2.68 bits per heavy atom. The first kappa shape index (κ1) is 15.1. The molecule has 1 atom stereocenters. The summed E-state index contributed by atoms with van der Waals surface area (Å²) < 4.78 is 39.2. The highest BCUT2D eigenvalue weighted by Crippen LogP contribution is 2.16. The van der Waals surface area contributed by atoms with Crippen LogP contribution < -0.4 is 4.72 Å². The molecular weight excluding hydrogens is 275 g/mol. The van der Waals surface area contributed by atoms with Gasteiger partial charge in [0, 0.05) is 6.04 Å². The zero-order valence-electron chi connectivity index (χ0n) is 9.92. The number of benzene rings is 1. The second-order valence-electron chi connectivity index (χ2n) is 3.88. The van der Waals surface area contributed by atoms with Crippen molar-refractivity contribution in [2.75, 3.05) is 0 Å². The van der Waals surface area contributed by atoms with E-state index in [9.17, 15) is 17.6 Å². The summed E-state index contributed by atoms with van der Waals surface area (Å²) in [7, 11) is -4.16. The van der Waals surface area contributed by atoms with Gasteiger partial charge in [0.05, 0.1) is 18.1 Å². The van der Waals surface area contributed by atoms with Gasteiger partial charge in [-0.2, -0.15) is 5.26 Å². The molecule has 0 amide bonds. The van der Waals surface area contributed by atoms with Crippen LogP contribution in [0.4, 0.5) is 4.39 Å². The van der Waals surface area contributed by atoms with E-state index in [0.717, 1.165) is 12.1 Å². The zero-order valence-corrected chi connectivity index (χ0v) is 10.7. The van der Waals surface area contributed by atoms with Crippen LogP contribution in [0.5, 0.6) is 0 Å². The minimum absolute atomic E-state index is 0.00460. The Labute approximate surface area is 109 Å². The second kappa shape index (κ2) is 5.77. The van der Waals surface area contributed by atoms with Crippen molar-refractivity contribution in [3.05, 3.63) is 29.6 Å². The number of aliphatic carboxylic acids is 1. The van der Waals surface area contributed by atoms with Crippen LogP contribution in [0.2, 0.25) is 0 Å². The first-order chi connectivity index (χ1) is 8.76. The van der Waals surface area contributed by atoms with Gasteiger partial charge in [-0.25, -0.2) is 17.5 Å². The molecule has 2 N–H and O–H groups in total. The number of nitriles is 1. The van der Waals surface area contributed by atoms with Gasteiger partial charge in [-0.3, -0.25) is 4.79 Å². The van der Waals surface area contributed by atoms with Crippen molar-refractivity contribution in [3.8, 4) is 6.07 Å². The molecular formula is C11H11FN2O4S. The highest BCUT2D eigenvalue weighted by molar-refractivity contribution is 7.89. The van der Waals surface area contributed by atoms with Crippen LogP contribution in [0.1, 0.15) is 18.9 Å². The van der Waals surface area contributed by atoms with E-state index in [0.29, 0.717) is 0 Å². The molecule has 0 fully saturated rings. The highest BCUT2D eigenvalue weighted by atomic mass is 32.2. The molecule has 0 unspecified atom stereocenters. The molecule has 0 heterocycles. The highest BCUT2D eigenvalue weighted by Gasteiger charge is 2.22. The smallest absolute Gasteiger partial charge is 0.304 e. The number of hydrogen-bond donors (Lipinski definition) is 2. The SMILES string of the molecule is C[C@H](CC(=O)O)NS(=O)(=O)c1ccc(C#N)cc1F. The fourth-order valence-electron chi connectivity index (χ4n) is 1.42. The summed E-state index contributed by atoms with van der Waals surface area (Å²) in [5.74, 6) is -2.23. The van der Waals surface area contributed by atoms with Crippen LogP contribution in [0.25, 0.3) is 0 Å². The fourth-order valence-corrected chi connectivity index (χ4v) is 2.72. The van der Waals surface area contributed by atoms with Crippen LogP contribution >= 0.6 is 0 Å². The second-order valence-corrected chi connectivity index (χ2v) is 5.56. The van der Waals surface area contributed by atoms with Gasteiger partial charge in [-0.1, -0.05) is 0 Å². The standard InChI is InChI=1S/C11H11FN2O4S/c1-7(4-11(15)16)14-19(17,18)10-3-2-8(6-13)5-9(10)12/h2-3,5,7,14H,4H2,1H3,(H,15,16)/t7-/m1/s1. The van der Waals surface area contributed by atoms with Gasteiger partial charge in [0.2, 0.25) is 10.0 Å². The van der Waals surface area contributed by atoms with Gasteiger partial charge < -0.3 is 5.11 Å². The summed E-state index contributed by atoms with van der Waals surface area (Å²) in [4.78, 5) is 9.82. The van der Waals surface area contributed by atoms with Crippen LogP contribution in [0.15, 0.2) is 23.1 Å². The predicted octanol–water partition coefficient (Wildman–Crippen LogP) is 0.839. The Hall–Kier alpha value is -1.98. The average molecular weight is 286 g/mol. The lowest BCUT2D eigenvalue weighted by atomic mass is 10.2. The van der Waals surface area contributed by atoms with Crippen molar-refractivity contribution >= 4 is 16.0 Å². The molecule has 0 spiro atoms. The van der Waals surface area contributed by atoms with E-state index < -0.39 is 39.2 Å². The quantitative estimate of drug-likeness (QED) is 0.834. The number of sulfonamides is 1. The lowest BCUT2D eigenvalue weighted by Gasteiger charge is -2.12. The number of halogens is 1. The van der Waals surface area contributed by atoms with Gasteiger partial charge in [-0.15, -0.1) is 0 Å². The molecule has 0 aliphatic carbocycles. The van der Waals surface area contributed by atoms with E-state index in [4.69, 9.17) is 10.4 Å². The summed E-state index contributed by atoms with van der Waals surface area (Å²) in [5, 5.41) is 17.1. The molecule has 0 aliphatic heterocycles. The summed E-state index contributed by atoms with van der Waals surface area (Å²) in [5.41, 5.74) is -0.00460. The van der Waals surface area contributed by atoms with Crippen LogP contribution in [0, 0.1) is 17.1 Å². The molecule has 6 nitrogen and oxygen atoms in total. The Balaban J connectivity index is 3.01. The minimum atomic E-state index is -4.16.